The van der Waals surface area contributed by atoms with Gasteiger partial charge in [-0.25, -0.2) is 0 Å². The van der Waals surface area contributed by atoms with Crippen molar-refractivity contribution in [2.75, 3.05) is 6.54 Å². The number of nitrogens with one attached hydrogen (secondary N) is 1. The highest BCUT2D eigenvalue weighted by atomic mass is 32.1. The normalized spacial score (nSPS) is 15.7. The SMILES string of the molecule is C=CCN1C(=O)C(=Cc2cc(C)n(-c3cccc4ccccc34)c2C)C(=O)NC1=S. The Morgan fingerprint density at radius 1 is 1.10 bits per heavy atom. The van der Waals surface area contributed by atoms with Gasteiger partial charge < -0.3 is 4.57 Å². The number of hydrogen-bond acceptors (Lipinski definition) is 3. The monoisotopic (exact) mass is 415 g/mol. The van der Waals surface area contributed by atoms with E-state index in [9.17, 15) is 9.59 Å². The van der Waals surface area contributed by atoms with Gasteiger partial charge in [0.05, 0.1) is 5.69 Å². The summed E-state index contributed by atoms with van der Waals surface area (Å²) in [6.45, 7) is 7.89. The number of aromatic nitrogens is 1. The zero-order chi connectivity index (χ0) is 21.4. The summed E-state index contributed by atoms with van der Waals surface area (Å²) >= 11 is 5.12. The second kappa shape index (κ2) is 7.72. The van der Waals surface area contributed by atoms with Gasteiger partial charge in [0.15, 0.2) is 5.11 Å². The van der Waals surface area contributed by atoms with Crippen LogP contribution in [0, 0.1) is 13.8 Å². The maximum absolute atomic E-state index is 12.8. The van der Waals surface area contributed by atoms with Crippen LogP contribution < -0.4 is 5.32 Å². The van der Waals surface area contributed by atoms with E-state index in [1.165, 1.54) is 4.90 Å². The molecule has 0 bridgehead atoms. The molecule has 150 valence electrons. The molecular weight excluding hydrogens is 394 g/mol. The van der Waals surface area contributed by atoms with Gasteiger partial charge in [-0.15, -0.1) is 6.58 Å². The number of rotatable bonds is 4. The average Bonchev–Trinajstić information content (AvgIpc) is 3.01. The number of carbonyl (C=O) groups is 2. The van der Waals surface area contributed by atoms with Gasteiger partial charge in [-0.1, -0.05) is 42.5 Å². The van der Waals surface area contributed by atoms with Crippen LogP contribution in [0.1, 0.15) is 17.0 Å². The van der Waals surface area contributed by atoms with Crippen molar-refractivity contribution in [2.45, 2.75) is 13.8 Å². The van der Waals surface area contributed by atoms with Crippen LogP contribution in [0.25, 0.3) is 22.5 Å². The Morgan fingerprint density at radius 3 is 2.60 bits per heavy atom. The van der Waals surface area contributed by atoms with Gasteiger partial charge in [-0.2, -0.15) is 0 Å². The van der Waals surface area contributed by atoms with Crippen molar-refractivity contribution < 1.29 is 9.59 Å². The zero-order valence-corrected chi connectivity index (χ0v) is 17.6. The summed E-state index contributed by atoms with van der Waals surface area (Å²) in [5.74, 6) is -0.904. The first-order chi connectivity index (χ1) is 14.4. The molecule has 0 unspecified atom stereocenters. The molecule has 5 nitrogen and oxygen atoms in total. The molecule has 1 aromatic heterocycles. The van der Waals surface area contributed by atoms with Crippen molar-refractivity contribution in [3.63, 3.8) is 0 Å². The van der Waals surface area contributed by atoms with Crippen LogP contribution in [0.4, 0.5) is 0 Å². The summed E-state index contributed by atoms with van der Waals surface area (Å²) < 4.78 is 2.14. The first-order valence-electron chi connectivity index (χ1n) is 9.59. The number of fused-ring (bicyclic) bond motifs is 1. The molecular formula is C24H21N3O2S. The largest absolute Gasteiger partial charge is 0.317 e. The Balaban J connectivity index is 1.83. The summed E-state index contributed by atoms with van der Waals surface area (Å²) in [6.07, 6.45) is 3.21. The third-order valence-electron chi connectivity index (χ3n) is 5.28. The Hall–Kier alpha value is -3.51. The first-order valence-corrected chi connectivity index (χ1v) is 10.00. The fourth-order valence-electron chi connectivity index (χ4n) is 3.85. The van der Waals surface area contributed by atoms with E-state index in [4.69, 9.17) is 12.2 Å². The molecule has 3 aromatic rings. The minimum Gasteiger partial charge on any atom is -0.317 e. The number of benzene rings is 2. The lowest BCUT2D eigenvalue weighted by molar-refractivity contribution is -0.128. The van der Waals surface area contributed by atoms with Gasteiger partial charge in [0, 0.05) is 23.3 Å². The van der Waals surface area contributed by atoms with E-state index < -0.39 is 11.8 Å². The van der Waals surface area contributed by atoms with Crippen LogP contribution in [0.2, 0.25) is 0 Å². The molecule has 0 radical (unpaired) electrons. The Bertz CT molecular complexity index is 1250. The molecule has 30 heavy (non-hydrogen) atoms. The lowest BCUT2D eigenvalue weighted by atomic mass is 10.1. The molecule has 2 heterocycles. The number of aryl methyl sites for hydroxylation is 1. The fraction of sp³-hybridized carbons (Fsp3) is 0.125. The van der Waals surface area contributed by atoms with Crippen LogP contribution in [0.15, 0.2) is 66.8 Å². The highest BCUT2D eigenvalue weighted by Crippen LogP contribution is 2.28. The number of thiocarbonyl (C=S) groups is 1. The van der Waals surface area contributed by atoms with Gasteiger partial charge in [-0.05, 0) is 55.2 Å². The first kappa shape index (κ1) is 19.8. The minimum absolute atomic E-state index is 0.0589. The summed E-state index contributed by atoms with van der Waals surface area (Å²) in [6, 6.07) is 16.4. The van der Waals surface area contributed by atoms with Gasteiger partial charge in [0.2, 0.25) is 0 Å². The number of nitrogens with zero attached hydrogens (tertiary/aromatic N) is 2. The summed E-state index contributed by atoms with van der Waals surface area (Å²) in [4.78, 5) is 26.6. The van der Waals surface area contributed by atoms with Crippen molar-refractivity contribution in [3.8, 4) is 5.69 Å². The van der Waals surface area contributed by atoms with Crippen molar-refractivity contribution in [2.24, 2.45) is 0 Å². The second-order valence-corrected chi connectivity index (χ2v) is 7.57. The predicted molar refractivity (Wildman–Crippen MR) is 123 cm³/mol. The molecule has 0 saturated carbocycles. The van der Waals surface area contributed by atoms with E-state index in [1.54, 1.807) is 12.2 Å². The summed E-state index contributed by atoms with van der Waals surface area (Å²) in [7, 11) is 0. The average molecular weight is 416 g/mol. The number of amides is 2. The third-order valence-corrected chi connectivity index (χ3v) is 5.60. The van der Waals surface area contributed by atoms with E-state index in [0.717, 1.165) is 33.4 Å². The van der Waals surface area contributed by atoms with Gasteiger partial charge in [-0.3, -0.25) is 19.8 Å². The van der Waals surface area contributed by atoms with E-state index >= 15 is 0 Å². The van der Waals surface area contributed by atoms with Crippen molar-refractivity contribution >= 4 is 46.0 Å². The molecule has 0 aliphatic carbocycles. The van der Waals surface area contributed by atoms with Gasteiger partial charge >= 0.3 is 0 Å². The molecule has 1 aliphatic heterocycles. The van der Waals surface area contributed by atoms with E-state index in [2.05, 4.69) is 40.7 Å². The lowest BCUT2D eigenvalue weighted by Crippen LogP contribution is -2.53. The molecule has 1 aliphatic rings. The predicted octanol–water partition coefficient (Wildman–Crippen LogP) is 4.06. The van der Waals surface area contributed by atoms with Gasteiger partial charge in [0.1, 0.15) is 5.57 Å². The van der Waals surface area contributed by atoms with Crippen LogP contribution >= 0.6 is 12.2 Å². The maximum atomic E-state index is 12.8. The smallest absolute Gasteiger partial charge is 0.265 e. The lowest BCUT2D eigenvalue weighted by Gasteiger charge is -2.27. The highest BCUT2D eigenvalue weighted by molar-refractivity contribution is 7.80. The Morgan fingerprint density at radius 2 is 1.83 bits per heavy atom. The topological polar surface area (TPSA) is 54.3 Å². The molecule has 0 spiro atoms. The molecule has 1 N–H and O–H groups in total. The standard InChI is InChI=1S/C24H21N3O2S/c1-4-12-26-23(29)20(22(28)25-24(26)30)14-18-13-15(2)27(16(18)3)21-11-7-9-17-8-5-6-10-19(17)21/h4-11,13-14H,1,12H2,2-3H3,(H,25,28,30). The fourth-order valence-corrected chi connectivity index (χ4v) is 4.10. The number of carbonyl (C=O) groups excluding carboxylic acids is 2. The Labute approximate surface area is 180 Å². The van der Waals surface area contributed by atoms with Crippen LogP contribution in [-0.4, -0.2) is 32.9 Å². The molecule has 6 heteroatoms. The quantitative estimate of drug-likeness (QED) is 0.303. The van der Waals surface area contributed by atoms with E-state index in [-0.39, 0.29) is 17.2 Å². The molecule has 1 fully saturated rings. The van der Waals surface area contributed by atoms with Crippen LogP contribution in [0.5, 0.6) is 0 Å². The van der Waals surface area contributed by atoms with Crippen molar-refractivity contribution in [1.82, 2.24) is 14.8 Å². The number of hydrogen-bond donors (Lipinski definition) is 1. The molecule has 4 rings (SSSR count). The van der Waals surface area contributed by atoms with E-state index in [1.807, 2.05) is 38.1 Å². The van der Waals surface area contributed by atoms with Crippen LogP contribution in [-0.2, 0) is 9.59 Å². The second-order valence-electron chi connectivity index (χ2n) is 7.18. The maximum Gasteiger partial charge on any atom is 0.265 e. The minimum atomic E-state index is -0.486. The Kier molecular flexibility index (Phi) is 5.10. The van der Waals surface area contributed by atoms with Crippen molar-refractivity contribution in [3.05, 3.63) is 83.7 Å². The van der Waals surface area contributed by atoms with Crippen LogP contribution in [0.3, 0.4) is 0 Å². The summed E-state index contributed by atoms with van der Waals surface area (Å²) in [5, 5.41) is 4.97. The zero-order valence-electron chi connectivity index (χ0n) is 16.8. The van der Waals surface area contributed by atoms with Crippen molar-refractivity contribution in [1.29, 1.82) is 0 Å². The molecule has 2 aromatic carbocycles. The highest BCUT2D eigenvalue weighted by Gasteiger charge is 2.32. The van der Waals surface area contributed by atoms with Gasteiger partial charge in [0.25, 0.3) is 11.8 Å². The molecule has 2 amide bonds. The molecule has 1 saturated heterocycles. The molecule has 0 atom stereocenters. The summed E-state index contributed by atoms with van der Waals surface area (Å²) in [5.41, 5.74) is 3.88. The van der Waals surface area contributed by atoms with E-state index in [0.29, 0.717) is 0 Å². The third kappa shape index (κ3) is 3.25.